The molecule has 0 N–H and O–H groups in total. The fourth-order valence-corrected chi connectivity index (χ4v) is 3.56. The van der Waals surface area contributed by atoms with Gasteiger partial charge in [0, 0.05) is 17.6 Å². The second kappa shape index (κ2) is 6.52. The zero-order valence-corrected chi connectivity index (χ0v) is 16.9. The number of nitrogens with zero attached hydrogens (tertiary/aromatic N) is 3. The summed E-state index contributed by atoms with van der Waals surface area (Å²) in [6.07, 6.45) is -0.278. The summed E-state index contributed by atoms with van der Waals surface area (Å²) >= 11 is 3.49. The monoisotopic (exact) mass is 409 g/mol. The van der Waals surface area contributed by atoms with Gasteiger partial charge in [-0.2, -0.15) is 0 Å². The van der Waals surface area contributed by atoms with E-state index in [2.05, 4.69) is 38.5 Å². The van der Waals surface area contributed by atoms with Crippen LogP contribution in [0.1, 0.15) is 46.4 Å². The Kier molecular flexibility index (Phi) is 4.70. The molecule has 1 aliphatic heterocycles. The minimum atomic E-state index is -0.497. The molecule has 3 heterocycles. The molecule has 25 heavy (non-hydrogen) atoms. The van der Waals surface area contributed by atoms with Gasteiger partial charge >= 0.3 is 6.09 Å². The van der Waals surface area contributed by atoms with Gasteiger partial charge in [0.15, 0.2) is 5.75 Å². The zero-order valence-electron chi connectivity index (χ0n) is 15.3. The van der Waals surface area contributed by atoms with Crippen LogP contribution in [0.2, 0.25) is 0 Å². The number of hydrogen-bond acceptors (Lipinski definition) is 4. The van der Waals surface area contributed by atoms with E-state index in [4.69, 9.17) is 9.47 Å². The van der Waals surface area contributed by atoms with Gasteiger partial charge in [-0.15, -0.1) is 0 Å². The smallest absolute Gasteiger partial charge is 0.410 e. The fourth-order valence-electron chi connectivity index (χ4n) is 3.16. The first kappa shape index (κ1) is 18.0. The Labute approximate surface area is 156 Å². The molecule has 0 fully saturated rings. The van der Waals surface area contributed by atoms with Crippen LogP contribution in [0.5, 0.6) is 5.75 Å². The lowest BCUT2D eigenvalue weighted by molar-refractivity contribution is 0.0175. The maximum absolute atomic E-state index is 12.4. The highest BCUT2D eigenvalue weighted by molar-refractivity contribution is 9.10. The van der Waals surface area contributed by atoms with Gasteiger partial charge in [-0.05, 0) is 62.7 Å². The minimum absolute atomic E-state index is 0.117. The third-order valence-electron chi connectivity index (χ3n) is 4.04. The summed E-state index contributed by atoms with van der Waals surface area (Å²) in [5.41, 5.74) is 1.46. The number of aromatic nitrogens is 2. The first-order valence-corrected chi connectivity index (χ1v) is 9.30. The quantitative estimate of drug-likeness (QED) is 0.684. The van der Waals surface area contributed by atoms with E-state index in [0.717, 1.165) is 22.5 Å². The predicted octanol–water partition coefficient (Wildman–Crippen LogP) is 4.51. The molecule has 7 heteroatoms. The number of amides is 1. The third kappa shape index (κ3) is 3.61. The number of halogens is 1. The molecule has 0 bridgehead atoms. The zero-order chi connectivity index (χ0) is 18.4. The summed E-state index contributed by atoms with van der Waals surface area (Å²) < 4.78 is 14.0. The maximum Gasteiger partial charge on any atom is 0.410 e. The van der Waals surface area contributed by atoms with Gasteiger partial charge in [0.25, 0.3) is 0 Å². The summed E-state index contributed by atoms with van der Waals surface area (Å²) in [6, 6.07) is 4.18. The molecular formula is C18H24BrN3O3. The minimum Gasteiger partial charge on any atom is -0.491 e. The van der Waals surface area contributed by atoms with Gasteiger partial charge in [0.2, 0.25) is 0 Å². The van der Waals surface area contributed by atoms with Crippen LogP contribution < -0.4 is 4.74 Å². The summed E-state index contributed by atoms with van der Waals surface area (Å²) in [5.74, 6) is 0.731. The van der Waals surface area contributed by atoms with E-state index in [-0.39, 0.29) is 12.1 Å². The number of rotatable bonds is 2. The van der Waals surface area contributed by atoms with E-state index in [1.807, 2.05) is 33.8 Å². The van der Waals surface area contributed by atoms with Crippen LogP contribution in [0.4, 0.5) is 4.79 Å². The molecule has 0 saturated carbocycles. The molecule has 1 amide bonds. The number of ether oxygens (including phenoxy) is 2. The summed E-state index contributed by atoms with van der Waals surface area (Å²) in [4.78, 5) is 18.8. The molecular weight excluding hydrogens is 386 g/mol. The standard InChI is InChI=1S/C18H24BrN3O3/c1-6-24-14-8-12-7-13-10-21(17(23)25-18(3,4)5)9-11(2)22(13)16(12)20-15(14)19/h7-8,11H,6,9-10H2,1-5H3/t11-/m1/s1. The molecule has 0 aliphatic carbocycles. The van der Waals surface area contributed by atoms with E-state index in [9.17, 15) is 4.79 Å². The van der Waals surface area contributed by atoms with Crippen molar-refractivity contribution in [3.8, 4) is 5.75 Å². The highest BCUT2D eigenvalue weighted by atomic mass is 79.9. The van der Waals surface area contributed by atoms with Crippen molar-refractivity contribution in [1.82, 2.24) is 14.5 Å². The highest BCUT2D eigenvalue weighted by Crippen LogP contribution is 2.34. The maximum atomic E-state index is 12.4. The van der Waals surface area contributed by atoms with E-state index in [1.54, 1.807) is 4.90 Å². The van der Waals surface area contributed by atoms with Crippen molar-refractivity contribution < 1.29 is 14.3 Å². The Hall–Kier alpha value is -1.76. The van der Waals surface area contributed by atoms with Crippen LogP contribution in [0.25, 0.3) is 11.0 Å². The SMILES string of the molecule is CCOc1cc2cc3n(c2nc1Br)[C@H](C)CN(C(=O)OC(C)(C)C)C3. The van der Waals surface area contributed by atoms with E-state index < -0.39 is 5.60 Å². The lowest BCUT2D eigenvalue weighted by Gasteiger charge is -2.34. The molecule has 2 aromatic heterocycles. The Balaban J connectivity index is 1.95. The number of carbonyl (C=O) groups is 1. The Morgan fingerprint density at radius 2 is 2.12 bits per heavy atom. The summed E-state index contributed by atoms with van der Waals surface area (Å²) in [5, 5.41) is 1.01. The van der Waals surface area contributed by atoms with Gasteiger partial charge < -0.3 is 18.9 Å². The summed E-state index contributed by atoms with van der Waals surface area (Å²) in [6.45, 7) is 11.4. The molecule has 0 aromatic carbocycles. The van der Waals surface area contributed by atoms with Crippen molar-refractivity contribution in [2.24, 2.45) is 0 Å². The average Bonchev–Trinajstić information content (AvgIpc) is 2.84. The molecule has 1 atom stereocenters. The molecule has 0 saturated heterocycles. The van der Waals surface area contributed by atoms with Gasteiger partial charge in [-0.3, -0.25) is 0 Å². The number of hydrogen-bond donors (Lipinski definition) is 0. The van der Waals surface area contributed by atoms with Crippen molar-refractivity contribution in [3.63, 3.8) is 0 Å². The van der Waals surface area contributed by atoms with Crippen LogP contribution in [0.3, 0.4) is 0 Å². The van der Waals surface area contributed by atoms with Crippen LogP contribution in [0.15, 0.2) is 16.7 Å². The number of fused-ring (bicyclic) bond motifs is 3. The van der Waals surface area contributed by atoms with Crippen molar-refractivity contribution in [2.75, 3.05) is 13.2 Å². The van der Waals surface area contributed by atoms with Crippen LogP contribution in [0, 0.1) is 0 Å². The molecule has 6 nitrogen and oxygen atoms in total. The fraction of sp³-hybridized carbons (Fsp3) is 0.556. The van der Waals surface area contributed by atoms with Crippen molar-refractivity contribution in [3.05, 3.63) is 22.4 Å². The molecule has 3 rings (SSSR count). The third-order valence-corrected chi connectivity index (χ3v) is 4.61. The van der Waals surface area contributed by atoms with Crippen molar-refractivity contribution >= 4 is 33.1 Å². The van der Waals surface area contributed by atoms with E-state index in [0.29, 0.717) is 24.3 Å². The van der Waals surface area contributed by atoms with Crippen molar-refractivity contribution in [2.45, 2.75) is 52.8 Å². The molecule has 1 aliphatic rings. The van der Waals surface area contributed by atoms with Crippen LogP contribution in [-0.2, 0) is 11.3 Å². The molecule has 0 spiro atoms. The van der Waals surface area contributed by atoms with Gasteiger partial charge in [-0.25, -0.2) is 9.78 Å². The van der Waals surface area contributed by atoms with Gasteiger partial charge in [0.05, 0.1) is 19.2 Å². The van der Waals surface area contributed by atoms with E-state index >= 15 is 0 Å². The highest BCUT2D eigenvalue weighted by Gasteiger charge is 2.30. The summed E-state index contributed by atoms with van der Waals surface area (Å²) in [7, 11) is 0. The predicted molar refractivity (Wildman–Crippen MR) is 100.0 cm³/mol. The topological polar surface area (TPSA) is 56.6 Å². The Morgan fingerprint density at radius 3 is 2.76 bits per heavy atom. The first-order chi connectivity index (χ1) is 11.7. The van der Waals surface area contributed by atoms with Crippen molar-refractivity contribution in [1.29, 1.82) is 0 Å². The number of pyridine rings is 1. The van der Waals surface area contributed by atoms with Gasteiger partial charge in [-0.1, -0.05) is 0 Å². The second-order valence-electron chi connectivity index (χ2n) is 7.34. The average molecular weight is 410 g/mol. The molecule has 0 radical (unpaired) electrons. The number of carbonyl (C=O) groups excluding carboxylic acids is 1. The molecule has 2 aromatic rings. The Morgan fingerprint density at radius 1 is 1.40 bits per heavy atom. The lowest BCUT2D eigenvalue weighted by atomic mass is 10.2. The lowest BCUT2D eigenvalue weighted by Crippen LogP contribution is -2.42. The van der Waals surface area contributed by atoms with E-state index in [1.165, 1.54) is 0 Å². The normalized spacial score (nSPS) is 17.5. The molecule has 0 unspecified atom stereocenters. The second-order valence-corrected chi connectivity index (χ2v) is 8.09. The van der Waals surface area contributed by atoms with Crippen LogP contribution in [-0.4, -0.2) is 39.3 Å². The first-order valence-electron chi connectivity index (χ1n) is 8.50. The molecule has 136 valence electrons. The van der Waals surface area contributed by atoms with Crippen LogP contribution >= 0.6 is 15.9 Å². The largest absolute Gasteiger partial charge is 0.491 e. The Bertz CT molecular complexity index is 810. The van der Waals surface area contributed by atoms with Gasteiger partial charge in [0.1, 0.15) is 15.9 Å².